The quantitative estimate of drug-likeness (QED) is 0.155. The topological polar surface area (TPSA) is 8.17 Å². The summed E-state index contributed by atoms with van der Waals surface area (Å²) < 4.78 is 3.87. The van der Waals surface area contributed by atoms with Gasteiger partial charge in [0.05, 0.1) is 22.3 Å². The summed E-state index contributed by atoms with van der Waals surface area (Å²) in [5, 5.41) is 4.39. The summed E-state index contributed by atoms with van der Waals surface area (Å²) in [6, 6.07) is 41.4. The lowest BCUT2D eigenvalue weighted by Gasteiger charge is -2.41. The van der Waals surface area contributed by atoms with Crippen LogP contribution < -0.4 is 4.90 Å². The first-order chi connectivity index (χ1) is 28.8. The molecule has 282 valence electrons. The number of fused-ring (bicyclic) bond motifs is 10. The molecule has 5 aromatic carbocycles. The first kappa shape index (κ1) is 34.5. The zero-order chi connectivity index (χ0) is 38.2. The van der Waals surface area contributed by atoms with Crippen LogP contribution in [0.4, 0.5) is 5.69 Å². The standard InChI is InChI=1S/C54H44N2S2/c1-3-13-35(14-4-1)36-25-29-39(30-26-36)55(40-31-27-37(28-32-40)41-19-11-20-43-42-17-8-10-24-50(42)57-52(41)43)49-23-12-21-44-45-33-34-48-51(54(45)58-53(44)49)46-18-7-9-22-47(46)56(48)38-15-5-2-6-16-38/h1-9,11-13,15-23,25,27-29,31-36,39,44,53H,10,14,24,26,30H2. The number of rotatable bonds is 6. The van der Waals surface area contributed by atoms with Crippen molar-refractivity contribution in [2.75, 3.05) is 4.90 Å². The van der Waals surface area contributed by atoms with Gasteiger partial charge in [-0.15, -0.1) is 23.1 Å². The molecule has 0 spiro atoms. The van der Waals surface area contributed by atoms with Crippen LogP contribution in [-0.2, 0) is 6.42 Å². The molecule has 4 aliphatic carbocycles. The molecule has 5 unspecified atom stereocenters. The summed E-state index contributed by atoms with van der Waals surface area (Å²) in [6.07, 6.45) is 32.0. The van der Waals surface area contributed by atoms with Crippen LogP contribution >= 0.6 is 23.1 Å². The lowest BCUT2D eigenvalue weighted by atomic mass is 9.79. The number of hydrogen-bond donors (Lipinski definition) is 0. The molecule has 1 aliphatic heterocycles. The van der Waals surface area contributed by atoms with Gasteiger partial charge in [-0.2, -0.15) is 0 Å². The zero-order valence-corrected chi connectivity index (χ0v) is 34.0. The highest BCUT2D eigenvalue weighted by Crippen LogP contribution is 2.56. The van der Waals surface area contributed by atoms with Crippen molar-refractivity contribution in [2.24, 2.45) is 11.8 Å². The Hall–Kier alpha value is -5.55. The molecule has 3 heterocycles. The molecular weight excluding hydrogens is 741 g/mol. The largest absolute Gasteiger partial charge is 0.337 e. The summed E-state index contributed by atoms with van der Waals surface area (Å²) >= 11 is 4.08. The molecule has 12 rings (SSSR count). The van der Waals surface area contributed by atoms with E-state index in [-0.39, 0.29) is 11.3 Å². The number of thioether (sulfide) groups is 1. The molecule has 0 amide bonds. The molecule has 7 aromatic rings. The van der Waals surface area contributed by atoms with Crippen molar-refractivity contribution in [1.29, 1.82) is 0 Å². The number of para-hydroxylation sites is 2. The normalized spacial score (nSPS) is 23.0. The van der Waals surface area contributed by atoms with E-state index in [2.05, 4.69) is 197 Å². The van der Waals surface area contributed by atoms with Crippen LogP contribution in [0.5, 0.6) is 0 Å². The van der Waals surface area contributed by atoms with Crippen LogP contribution in [-0.4, -0.2) is 15.9 Å². The third kappa shape index (κ3) is 5.52. The minimum Gasteiger partial charge on any atom is -0.337 e. The predicted octanol–water partition coefficient (Wildman–Crippen LogP) is 14.6. The van der Waals surface area contributed by atoms with Gasteiger partial charge in [0, 0.05) is 53.6 Å². The Bertz CT molecular complexity index is 2930. The fourth-order valence-electron chi connectivity index (χ4n) is 10.5. The van der Waals surface area contributed by atoms with E-state index in [0.717, 1.165) is 25.7 Å². The summed E-state index contributed by atoms with van der Waals surface area (Å²) in [7, 11) is 0. The Morgan fingerprint density at radius 1 is 0.672 bits per heavy atom. The summed E-state index contributed by atoms with van der Waals surface area (Å²) in [4.78, 5) is 5.68. The Kier molecular flexibility index (Phi) is 8.37. The van der Waals surface area contributed by atoms with Crippen molar-refractivity contribution in [3.05, 3.63) is 192 Å². The molecule has 0 saturated heterocycles. The third-order valence-electron chi connectivity index (χ3n) is 13.3. The van der Waals surface area contributed by atoms with E-state index >= 15 is 0 Å². The Labute approximate surface area is 348 Å². The van der Waals surface area contributed by atoms with Gasteiger partial charge in [-0.25, -0.2) is 0 Å². The average molecular weight is 785 g/mol. The molecule has 4 heteroatoms. The van der Waals surface area contributed by atoms with Crippen LogP contribution in [0, 0.1) is 11.8 Å². The Morgan fingerprint density at radius 3 is 2.41 bits per heavy atom. The van der Waals surface area contributed by atoms with Gasteiger partial charge in [-0.05, 0) is 109 Å². The SMILES string of the molecule is C1=CCC(C2C=CC(N(C3=CC=CC4c5ccc6c(c5SC34)c3ccccc3n6-c3ccccc3)c3ccc(-c4cccc5c6c(sc45)CCC=C6)cc3)CC2)C=C1. The second-order valence-corrected chi connectivity index (χ2v) is 18.7. The molecule has 0 N–H and O–H groups in total. The van der Waals surface area contributed by atoms with E-state index in [1.54, 1.807) is 0 Å². The maximum absolute atomic E-state index is 2.72. The monoisotopic (exact) mass is 784 g/mol. The predicted molar refractivity (Wildman–Crippen MR) is 250 cm³/mol. The molecule has 0 bridgehead atoms. The van der Waals surface area contributed by atoms with Gasteiger partial charge in [-0.3, -0.25) is 0 Å². The van der Waals surface area contributed by atoms with Gasteiger partial charge >= 0.3 is 0 Å². The summed E-state index contributed by atoms with van der Waals surface area (Å²) in [6.45, 7) is 0. The van der Waals surface area contributed by atoms with Crippen molar-refractivity contribution in [2.45, 2.75) is 54.2 Å². The number of allylic oxidation sites excluding steroid dienone is 9. The fourth-order valence-corrected chi connectivity index (χ4v) is 13.5. The van der Waals surface area contributed by atoms with Gasteiger partial charge in [-0.1, -0.05) is 134 Å². The first-order valence-electron chi connectivity index (χ1n) is 21.1. The smallest absolute Gasteiger partial charge is 0.0601 e. The minimum absolute atomic E-state index is 0.279. The van der Waals surface area contributed by atoms with Gasteiger partial charge < -0.3 is 9.47 Å². The highest BCUT2D eigenvalue weighted by molar-refractivity contribution is 8.00. The van der Waals surface area contributed by atoms with Crippen molar-refractivity contribution in [3.8, 4) is 16.8 Å². The van der Waals surface area contributed by atoms with E-state index in [0.29, 0.717) is 17.8 Å². The third-order valence-corrected chi connectivity index (χ3v) is 16.1. The summed E-state index contributed by atoms with van der Waals surface area (Å²) in [5.41, 5.74) is 12.0. The molecule has 0 radical (unpaired) electrons. The highest BCUT2D eigenvalue weighted by Gasteiger charge is 2.41. The molecule has 5 atom stereocenters. The zero-order valence-electron chi connectivity index (χ0n) is 32.4. The van der Waals surface area contributed by atoms with E-state index < -0.39 is 0 Å². The maximum Gasteiger partial charge on any atom is 0.0601 e. The van der Waals surface area contributed by atoms with E-state index in [1.165, 1.54) is 87.4 Å². The lowest BCUT2D eigenvalue weighted by Crippen LogP contribution is -2.40. The Balaban J connectivity index is 0.948. The van der Waals surface area contributed by atoms with Gasteiger partial charge in [0.2, 0.25) is 0 Å². The molecule has 5 aliphatic rings. The molecule has 2 aromatic heterocycles. The van der Waals surface area contributed by atoms with Crippen LogP contribution in [0.2, 0.25) is 0 Å². The number of hydrogen-bond acceptors (Lipinski definition) is 3. The van der Waals surface area contributed by atoms with Gasteiger partial charge in [0.1, 0.15) is 0 Å². The van der Waals surface area contributed by atoms with Crippen molar-refractivity contribution in [1.82, 2.24) is 4.57 Å². The van der Waals surface area contributed by atoms with Crippen LogP contribution in [0.25, 0.3) is 54.8 Å². The van der Waals surface area contributed by atoms with Crippen LogP contribution in [0.15, 0.2) is 181 Å². The fraction of sp³-hybridized carbons (Fsp3) is 0.185. The number of nitrogens with zero attached hydrogens (tertiary/aromatic N) is 2. The average Bonchev–Trinajstić information content (AvgIpc) is 3.98. The molecule has 58 heavy (non-hydrogen) atoms. The van der Waals surface area contributed by atoms with Gasteiger partial charge in [0.25, 0.3) is 0 Å². The molecule has 0 fully saturated rings. The summed E-state index contributed by atoms with van der Waals surface area (Å²) in [5.74, 6) is 1.49. The van der Waals surface area contributed by atoms with Crippen molar-refractivity contribution >= 4 is 66.8 Å². The Morgan fingerprint density at radius 2 is 1.55 bits per heavy atom. The van der Waals surface area contributed by atoms with E-state index in [1.807, 2.05) is 11.3 Å². The van der Waals surface area contributed by atoms with E-state index in [9.17, 15) is 0 Å². The second kappa shape index (κ2) is 14.1. The lowest BCUT2D eigenvalue weighted by molar-refractivity contribution is 0.404. The molecule has 0 saturated carbocycles. The maximum atomic E-state index is 2.72. The molecular formula is C54H44N2S2. The number of aryl methyl sites for hydroxylation is 1. The van der Waals surface area contributed by atoms with Crippen LogP contribution in [0.3, 0.4) is 0 Å². The molecule has 2 nitrogen and oxygen atoms in total. The van der Waals surface area contributed by atoms with Gasteiger partial charge in [0.15, 0.2) is 0 Å². The van der Waals surface area contributed by atoms with Crippen molar-refractivity contribution in [3.63, 3.8) is 0 Å². The van der Waals surface area contributed by atoms with E-state index in [4.69, 9.17) is 0 Å². The highest BCUT2D eigenvalue weighted by atomic mass is 32.2. The number of thiophene rings is 1. The second-order valence-electron chi connectivity index (χ2n) is 16.5. The first-order valence-corrected chi connectivity index (χ1v) is 22.8. The van der Waals surface area contributed by atoms with Crippen LogP contribution in [0.1, 0.15) is 47.6 Å². The number of benzene rings is 5. The minimum atomic E-state index is 0.279. The number of aromatic nitrogens is 1. The number of anilines is 1. The van der Waals surface area contributed by atoms with Crippen molar-refractivity contribution < 1.29 is 0 Å².